The molecule has 0 bridgehead atoms. The summed E-state index contributed by atoms with van der Waals surface area (Å²) in [6.45, 7) is 4.13. The smallest absolute Gasteiger partial charge is 0.410 e. The normalized spacial score (nSPS) is 39.7. The van der Waals surface area contributed by atoms with Gasteiger partial charge in [-0.2, -0.15) is 0 Å². The number of nitrogens with zero attached hydrogens (tertiary/aromatic N) is 2. The second kappa shape index (κ2) is 5.81. The second-order valence-corrected chi connectivity index (χ2v) is 9.73. The van der Waals surface area contributed by atoms with Gasteiger partial charge in [-0.1, -0.05) is 6.07 Å². The van der Waals surface area contributed by atoms with Gasteiger partial charge in [-0.25, -0.2) is 9.18 Å². The summed E-state index contributed by atoms with van der Waals surface area (Å²) in [6.07, 6.45) is 5.79. The van der Waals surface area contributed by atoms with E-state index in [1.54, 1.807) is 0 Å². The molecule has 3 aliphatic carbocycles. The highest BCUT2D eigenvalue weighted by atomic mass is 19.1. The van der Waals surface area contributed by atoms with Gasteiger partial charge in [0.2, 0.25) is 0 Å². The summed E-state index contributed by atoms with van der Waals surface area (Å²) < 4.78 is 19.0. The highest BCUT2D eigenvalue weighted by molar-refractivity contribution is 6.02. The molecular weight excluding hydrogens is 371 g/mol. The Bertz CT molecular complexity index is 919. The number of hydrogen-bond donors (Lipinski definition) is 0. The molecule has 5 unspecified atom stereocenters. The fraction of sp³-hybridized carbons (Fsp3) is 0.652. The van der Waals surface area contributed by atoms with Gasteiger partial charge in [0.15, 0.2) is 5.78 Å². The van der Waals surface area contributed by atoms with Crippen LogP contribution in [0.25, 0.3) is 0 Å². The quantitative estimate of drug-likeness (QED) is 0.716. The number of ketones is 1. The second-order valence-electron chi connectivity index (χ2n) is 9.73. The Morgan fingerprint density at radius 1 is 1.34 bits per heavy atom. The number of amides is 1. The van der Waals surface area contributed by atoms with Crippen molar-refractivity contribution in [3.8, 4) is 0 Å². The van der Waals surface area contributed by atoms with Gasteiger partial charge in [-0.15, -0.1) is 0 Å². The minimum atomic E-state index is -0.328. The standard InChI is InChI=1S/C23H27FN2O3/c1-2-29-21(28)26-20-6-3-14-9-16(11-23(14,20)26)25-8-7-22(13-25)12-19(27)17-10-15(24)4-5-18(17)22/h4-5,10,14,16,20H,2-3,6-9,11-13H2,1H3. The Hall–Kier alpha value is -1.95. The van der Waals surface area contributed by atoms with E-state index in [2.05, 4.69) is 4.90 Å². The lowest BCUT2D eigenvalue weighted by molar-refractivity contribution is 0.0971. The number of piperidine rings is 1. The van der Waals surface area contributed by atoms with Crippen LogP contribution in [0.15, 0.2) is 18.2 Å². The molecule has 0 aromatic heterocycles. The molecule has 5 nitrogen and oxygen atoms in total. The van der Waals surface area contributed by atoms with E-state index >= 15 is 0 Å². The van der Waals surface area contributed by atoms with E-state index in [0.29, 0.717) is 36.6 Å². The lowest BCUT2D eigenvalue weighted by Gasteiger charge is -2.28. The van der Waals surface area contributed by atoms with Crippen LogP contribution in [0, 0.1) is 11.7 Å². The van der Waals surface area contributed by atoms with Crippen molar-refractivity contribution in [1.29, 1.82) is 0 Å². The van der Waals surface area contributed by atoms with Gasteiger partial charge >= 0.3 is 6.09 Å². The molecule has 5 aliphatic rings. The summed E-state index contributed by atoms with van der Waals surface area (Å²) in [4.78, 5) is 29.5. The molecule has 6 rings (SSSR count). The number of halogens is 1. The fourth-order valence-corrected chi connectivity index (χ4v) is 7.44. The number of hydrogen-bond acceptors (Lipinski definition) is 4. The van der Waals surface area contributed by atoms with Crippen molar-refractivity contribution >= 4 is 11.9 Å². The van der Waals surface area contributed by atoms with Crippen LogP contribution in [0.5, 0.6) is 0 Å². The first-order valence-electron chi connectivity index (χ1n) is 11.0. The maximum Gasteiger partial charge on any atom is 0.410 e. The van der Waals surface area contributed by atoms with Gasteiger partial charge in [0.1, 0.15) is 5.82 Å². The molecule has 1 aromatic carbocycles. The summed E-state index contributed by atoms with van der Waals surface area (Å²) in [5.41, 5.74) is 1.50. The molecule has 2 spiro atoms. The maximum absolute atomic E-state index is 13.7. The number of ether oxygens (including phenoxy) is 1. The van der Waals surface area contributed by atoms with Gasteiger partial charge in [0.05, 0.1) is 18.2 Å². The lowest BCUT2D eigenvalue weighted by atomic mass is 9.81. The largest absolute Gasteiger partial charge is 0.450 e. The summed E-state index contributed by atoms with van der Waals surface area (Å²) in [5, 5.41) is 0. The Morgan fingerprint density at radius 2 is 2.21 bits per heavy atom. The van der Waals surface area contributed by atoms with E-state index in [4.69, 9.17) is 4.74 Å². The average molecular weight is 398 g/mol. The number of fused-ring (bicyclic) bond motifs is 2. The first-order valence-corrected chi connectivity index (χ1v) is 11.0. The van der Waals surface area contributed by atoms with Crippen LogP contribution >= 0.6 is 0 Å². The molecule has 5 atom stereocenters. The summed E-state index contributed by atoms with van der Waals surface area (Å²) in [5.74, 6) is 0.328. The van der Waals surface area contributed by atoms with Gasteiger partial charge in [0.25, 0.3) is 0 Å². The van der Waals surface area contributed by atoms with Gasteiger partial charge in [-0.3, -0.25) is 14.6 Å². The first kappa shape index (κ1) is 17.9. The molecular formula is C23H27FN2O3. The zero-order valence-corrected chi connectivity index (χ0v) is 16.8. The fourth-order valence-electron chi connectivity index (χ4n) is 7.44. The maximum atomic E-state index is 13.7. The van der Waals surface area contributed by atoms with Crippen molar-refractivity contribution in [2.75, 3.05) is 19.7 Å². The molecule has 1 aromatic rings. The van der Waals surface area contributed by atoms with Crippen molar-refractivity contribution in [3.05, 3.63) is 35.1 Å². The first-order chi connectivity index (χ1) is 14.0. The molecule has 2 saturated carbocycles. The van der Waals surface area contributed by atoms with Crippen molar-refractivity contribution in [2.24, 2.45) is 5.92 Å². The van der Waals surface area contributed by atoms with Gasteiger partial charge in [0, 0.05) is 30.0 Å². The predicted molar refractivity (Wildman–Crippen MR) is 104 cm³/mol. The minimum absolute atomic E-state index is 0.0270. The van der Waals surface area contributed by atoms with Crippen LogP contribution in [0.1, 0.15) is 61.4 Å². The Labute approximate surface area is 170 Å². The summed E-state index contributed by atoms with van der Waals surface area (Å²) in [6, 6.07) is 5.57. The average Bonchev–Trinajstić information content (AvgIpc) is 3.11. The third-order valence-corrected chi connectivity index (χ3v) is 8.60. The SMILES string of the molecule is CCOC(=O)N1C2CCC3CC(N4CCC5(CC(=O)c6cc(F)ccc65)C4)CC321. The zero-order chi connectivity index (χ0) is 20.0. The number of carbonyl (C=O) groups excluding carboxylic acids is 2. The highest BCUT2D eigenvalue weighted by Gasteiger charge is 2.75. The Balaban J connectivity index is 1.22. The zero-order valence-electron chi connectivity index (χ0n) is 16.8. The topological polar surface area (TPSA) is 49.6 Å². The van der Waals surface area contributed by atoms with Crippen molar-refractivity contribution < 1.29 is 18.7 Å². The van der Waals surface area contributed by atoms with Crippen LogP contribution in [0.4, 0.5) is 9.18 Å². The number of carbonyl (C=O) groups is 2. The molecule has 4 fully saturated rings. The van der Waals surface area contributed by atoms with E-state index in [-0.39, 0.29) is 28.6 Å². The van der Waals surface area contributed by atoms with Crippen molar-refractivity contribution in [3.63, 3.8) is 0 Å². The number of likely N-dealkylation sites (tertiary alicyclic amines) is 2. The highest BCUT2D eigenvalue weighted by Crippen LogP contribution is 2.65. The molecule has 2 aliphatic heterocycles. The Morgan fingerprint density at radius 3 is 3.03 bits per heavy atom. The van der Waals surface area contributed by atoms with Crippen LogP contribution < -0.4 is 0 Å². The van der Waals surface area contributed by atoms with Crippen LogP contribution in [0.2, 0.25) is 0 Å². The van der Waals surface area contributed by atoms with Gasteiger partial charge < -0.3 is 4.74 Å². The van der Waals surface area contributed by atoms with E-state index < -0.39 is 0 Å². The third kappa shape index (κ3) is 2.24. The number of benzene rings is 1. The molecule has 6 heteroatoms. The third-order valence-electron chi connectivity index (χ3n) is 8.60. The summed E-state index contributed by atoms with van der Waals surface area (Å²) in [7, 11) is 0. The Kier molecular flexibility index (Phi) is 3.58. The molecule has 1 amide bonds. The molecule has 2 heterocycles. The molecule has 0 N–H and O–H groups in total. The monoisotopic (exact) mass is 398 g/mol. The van der Waals surface area contributed by atoms with Crippen LogP contribution in [-0.4, -0.2) is 59.0 Å². The van der Waals surface area contributed by atoms with E-state index in [1.807, 2.05) is 17.9 Å². The molecule has 2 saturated heterocycles. The van der Waals surface area contributed by atoms with E-state index in [0.717, 1.165) is 44.3 Å². The number of Topliss-reactive ketones (excluding diaryl/α,β-unsaturated/α-hetero) is 1. The van der Waals surface area contributed by atoms with E-state index in [1.165, 1.54) is 18.6 Å². The van der Waals surface area contributed by atoms with Crippen LogP contribution in [0.3, 0.4) is 0 Å². The number of rotatable bonds is 2. The minimum Gasteiger partial charge on any atom is -0.450 e. The summed E-state index contributed by atoms with van der Waals surface area (Å²) >= 11 is 0. The van der Waals surface area contributed by atoms with Crippen molar-refractivity contribution in [2.45, 2.75) is 68.5 Å². The van der Waals surface area contributed by atoms with E-state index in [9.17, 15) is 14.0 Å². The predicted octanol–water partition coefficient (Wildman–Crippen LogP) is 3.51. The van der Waals surface area contributed by atoms with Crippen molar-refractivity contribution in [1.82, 2.24) is 9.80 Å². The molecule has 0 radical (unpaired) electrons. The van der Waals surface area contributed by atoms with Crippen LogP contribution in [-0.2, 0) is 10.2 Å². The van der Waals surface area contributed by atoms with Gasteiger partial charge in [-0.05, 0) is 69.2 Å². The lowest BCUT2D eigenvalue weighted by Crippen LogP contribution is -2.36. The molecule has 29 heavy (non-hydrogen) atoms. The molecule has 154 valence electrons.